The third-order valence-electron chi connectivity index (χ3n) is 1.81. The summed E-state index contributed by atoms with van der Waals surface area (Å²) in [5, 5.41) is 19.1. The maximum atomic E-state index is 9.60. The van der Waals surface area contributed by atoms with Crippen molar-refractivity contribution in [3.05, 3.63) is 29.3 Å². The van der Waals surface area contributed by atoms with Gasteiger partial charge in [0.1, 0.15) is 5.75 Å². The SMILES string of the molecule is Cc1ccc(C(C)(C)O)c(O)c1. The third kappa shape index (κ3) is 1.77. The Morgan fingerprint density at radius 1 is 1.25 bits per heavy atom. The zero-order valence-corrected chi connectivity index (χ0v) is 7.63. The second kappa shape index (κ2) is 2.79. The van der Waals surface area contributed by atoms with Crippen LogP contribution >= 0.6 is 0 Å². The molecular formula is C10H14O2. The summed E-state index contributed by atoms with van der Waals surface area (Å²) in [6.07, 6.45) is 0. The molecule has 2 nitrogen and oxygen atoms in total. The summed E-state index contributed by atoms with van der Waals surface area (Å²) in [7, 11) is 0. The van der Waals surface area contributed by atoms with Crippen LogP contribution in [-0.4, -0.2) is 10.2 Å². The van der Waals surface area contributed by atoms with Gasteiger partial charge in [-0.1, -0.05) is 12.1 Å². The van der Waals surface area contributed by atoms with Gasteiger partial charge in [0.15, 0.2) is 0 Å². The first-order valence-corrected chi connectivity index (χ1v) is 3.94. The van der Waals surface area contributed by atoms with E-state index in [1.54, 1.807) is 26.0 Å². The summed E-state index contributed by atoms with van der Waals surface area (Å²) < 4.78 is 0. The van der Waals surface area contributed by atoms with Crippen LogP contribution in [0.4, 0.5) is 0 Å². The lowest BCUT2D eigenvalue weighted by Gasteiger charge is -2.19. The first-order chi connectivity index (χ1) is 5.41. The molecule has 2 N–H and O–H groups in total. The molecule has 0 bridgehead atoms. The summed E-state index contributed by atoms with van der Waals surface area (Å²) in [4.78, 5) is 0. The van der Waals surface area contributed by atoms with Gasteiger partial charge in [-0.2, -0.15) is 0 Å². The van der Waals surface area contributed by atoms with Crippen LogP contribution < -0.4 is 0 Å². The quantitative estimate of drug-likeness (QED) is 0.669. The van der Waals surface area contributed by atoms with Gasteiger partial charge in [0.2, 0.25) is 0 Å². The van der Waals surface area contributed by atoms with Crippen LogP contribution in [0.1, 0.15) is 25.0 Å². The number of aliphatic hydroxyl groups is 1. The number of phenols is 1. The average molecular weight is 166 g/mol. The van der Waals surface area contributed by atoms with Crippen LogP contribution in [0.5, 0.6) is 5.75 Å². The van der Waals surface area contributed by atoms with Crippen LogP contribution in [-0.2, 0) is 5.60 Å². The maximum Gasteiger partial charge on any atom is 0.121 e. The molecule has 1 aromatic rings. The van der Waals surface area contributed by atoms with Gasteiger partial charge < -0.3 is 10.2 Å². The molecule has 0 aliphatic heterocycles. The zero-order chi connectivity index (χ0) is 9.35. The maximum absolute atomic E-state index is 9.60. The number of rotatable bonds is 1. The van der Waals surface area contributed by atoms with Crippen LogP contribution in [0.25, 0.3) is 0 Å². The lowest BCUT2D eigenvalue weighted by Crippen LogP contribution is -2.15. The van der Waals surface area contributed by atoms with E-state index in [9.17, 15) is 10.2 Å². The Bertz CT molecular complexity index is 284. The third-order valence-corrected chi connectivity index (χ3v) is 1.81. The Labute approximate surface area is 72.5 Å². The molecule has 0 aliphatic carbocycles. The van der Waals surface area contributed by atoms with Crippen molar-refractivity contribution in [2.24, 2.45) is 0 Å². The average Bonchev–Trinajstić information content (AvgIpc) is 1.83. The minimum atomic E-state index is -0.974. The van der Waals surface area contributed by atoms with E-state index >= 15 is 0 Å². The lowest BCUT2D eigenvalue weighted by molar-refractivity contribution is 0.0758. The van der Waals surface area contributed by atoms with Crippen LogP contribution in [0, 0.1) is 6.92 Å². The van der Waals surface area contributed by atoms with E-state index in [0.29, 0.717) is 5.56 Å². The van der Waals surface area contributed by atoms with Crippen molar-refractivity contribution < 1.29 is 10.2 Å². The van der Waals surface area contributed by atoms with Crippen molar-refractivity contribution in [1.29, 1.82) is 0 Å². The summed E-state index contributed by atoms with van der Waals surface area (Å²) in [5.41, 5.74) is 0.575. The molecule has 2 heteroatoms. The van der Waals surface area contributed by atoms with Gasteiger partial charge in [0.25, 0.3) is 0 Å². The largest absolute Gasteiger partial charge is 0.508 e. The molecule has 1 aromatic carbocycles. The van der Waals surface area contributed by atoms with Crippen LogP contribution in [0.3, 0.4) is 0 Å². The molecule has 0 amide bonds. The topological polar surface area (TPSA) is 40.5 Å². The van der Waals surface area contributed by atoms with E-state index < -0.39 is 5.60 Å². The van der Waals surface area contributed by atoms with E-state index in [-0.39, 0.29) is 5.75 Å². The highest BCUT2D eigenvalue weighted by atomic mass is 16.3. The molecule has 0 aromatic heterocycles. The molecule has 0 unspecified atom stereocenters. The summed E-state index contributed by atoms with van der Waals surface area (Å²) in [6, 6.07) is 5.25. The first-order valence-electron chi connectivity index (χ1n) is 3.94. The van der Waals surface area contributed by atoms with Crippen molar-refractivity contribution >= 4 is 0 Å². The van der Waals surface area contributed by atoms with Gasteiger partial charge >= 0.3 is 0 Å². The Hall–Kier alpha value is -1.02. The van der Waals surface area contributed by atoms with Crippen molar-refractivity contribution in [3.63, 3.8) is 0 Å². The van der Waals surface area contributed by atoms with Gasteiger partial charge in [-0.25, -0.2) is 0 Å². The van der Waals surface area contributed by atoms with Gasteiger partial charge in [-0.15, -0.1) is 0 Å². The highest BCUT2D eigenvalue weighted by molar-refractivity contribution is 5.38. The second-order valence-electron chi connectivity index (χ2n) is 3.58. The van der Waals surface area contributed by atoms with Crippen molar-refractivity contribution in [2.75, 3.05) is 0 Å². The summed E-state index contributed by atoms with van der Waals surface area (Å²) >= 11 is 0. The molecule has 66 valence electrons. The van der Waals surface area contributed by atoms with Gasteiger partial charge in [0.05, 0.1) is 5.60 Å². The standard InChI is InChI=1S/C10H14O2/c1-7-4-5-8(9(11)6-7)10(2,3)12/h4-6,11-12H,1-3H3. The summed E-state index contributed by atoms with van der Waals surface area (Å²) in [6.45, 7) is 5.20. The fourth-order valence-electron chi connectivity index (χ4n) is 1.16. The van der Waals surface area contributed by atoms with Gasteiger partial charge in [0, 0.05) is 5.56 Å². The minimum Gasteiger partial charge on any atom is -0.508 e. The number of aryl methyl sites for hydroxylation is 1. The van der Waals surface area contributed by atoms with Crippen LogP contribution in [0.2, 0.25) is 0 Å². The van der Waals surface area contributed by atoms with Crippen molar-refractivity contribution in [3.8, 4) is 5.75 Å². The monoisotopic (exact) mass is 166 g/mol. The highest BCUT2D eigenvalue weighted by Gasteiger charge is 2.19. The number of aromatic hydroxyl groups is 1. The van der Waals surface area contributed by atoms with E-state index in [4.69, 9.17) is 0 Å². The number of benzene rings is 1. The lowest BCUT2D eigenvalue weighted by atomic mass is 9.96. The fourth-order valence-corrected chi connectivity index (χ4v) is 1.16. The molecule has 0 aliphatic rings. The molecule has 0 saturated carbocycles. The second-order valence-corrected chi connectivity index (χ2v) is 3.58. The van der Waals surface area contributed by atoms with Crippen molar-refractivity contribution in [1.82, 2.24) is 0 Å². The summed E-state index contributed by atoms with van der Waals surface area (Å²) in [5.74, 6) is 0.155. The molecule has 0 saturated heterocycles. The zero-order valence-electron chi connectivity index (χ0n) is 7.63. The fraction of sp³-hybridized carbons (Fsp3) is 0.400. The number of hydrogen-bond donors (Lipinski definition) is 2. The highest BCUT2D eigenvalue weighted by Crippen LogP contribution is 2.28. The Morgan fingerprint density at radius 2 is 1.83 bits per heavy atom. The Balaban J connectivity index is 3.19. The molecular weight excluding hydrogens is 152 g/mol. The molecule has 0 fully saturated rings. The molecule has 0 heterocycles. The normalized spacial score (nSPS) is 11.7. The molecule has 0 radical (unpaired) electrons. The molecule has 12 heavy (non-hydrogen) atoms. The molecule has 1 rings (SSSR count). The van der Waals surface area contributed by atoms with Gasteiger partial charge in [-0.05, 0) is 32.4 Å². The van der Waals surface area contributed by atoms with Crippen molar-refractivity contribution in [2.45, 2.75) is 26.4 Å². The number of phenolic OH excluding ortho intramolecular Hbond substituents is 1. The minimum absolute atomic E-state index is 0.155. The Morgan fingerprint density at radius 3 is 2.25 bits per heavy atom. The first kappa shape index (κ1) is 9.07. The van der Waals surface area contributed by atoms with E-state index in [1.807, 2.05) is 13.0 Å². The predicted octanol–water partition coefficient (Wildman–Crippen LogP) is 1.93. The molecule has 0 spiro atoms. The van der Waals surface area contributed by atoms with E-state index in [2.05, 4.69) is 0 Å². The van der Waals surface area contributed by atoms with E-state index in [1.165, 1.54) is 0 Å². The predicted molar refractivity (Wildman–Crippen MR) is 48.1 cm³/mol. The molecule has 0 atom stereocenters. The van der Waals surface area contributed by atoms with Crippen LogP contribution in [0.15, 0.2) is 18.2 Å². The van der Waals surface area contributed by atoms with Gasteiger partial charge in [-0.3, -0.25) is 0 Å². The van der Waals surface area contributed by atoms with E-state index in [0.717, 1.165) is 5.56 Å². The number of hydrogen-bond acceptors (Lipinski definition) is 2. The Kier molecular flexibility index (Phi) is 2.11. The smallest absolute Gasteiger partial charge is 0.121 e.